The molecule has 0 bridgehead atoms. The fraction of sp³-hybridized carbons (Fsp3) is 0.250. The molecule has 1 heterocycles. The molecule has 0 aliphatic carbocycles. The molecule has 0 amide bonds. The van der Waals surface area contributed by atoms with Gasteiger partial charge in [0.2, 0.25) is 10.0 Å². The number of aromatic nitrogens is 1. The van der Waals surface area contributed by atoms with Crippen LogP contribution in [0.1, 0.15) is 5.69 Å². The molecular weight excluding hydrogens is 334 g/mol. The van der Waals surface area contributed by atoms with E-state index in [1.54, 1.807) is 12.4 Å². The minimum atomic E-state index is -3.65. The SMILES string of the molecule is CNc1nc(CNS(=O)(=O)c2ccc(OC)c(Cl)c2)cs1. The Kier molecular flexibility index (Phi) is 5.04. The summed E-state index contributed by atoms with van der Waals surface area (Å²) >= 11 is 7.35. The van der Waals surface area contributed by atoms with Crippen molar-refractivity contribution in [2.45, 2.75) is 11.4 Å². The van der Waals surface area contributed by atoms with Crippen molar-refractivity contribution in [3.8, 4) is 5.75 Å². The van der Waals surface area contributed by atoms with Gasteiger partial charge in [-0.15, -0.1) is 11.3 Å². The zero-order chi connectivity index (χ0) is 15.5. The first-order valence-corrected chi connectivity index (χ1v) is 8.65. The Morgan fingerprint density at radius 1 is 1.43 bits per heavy atom. The molecule has 0 spiro atoms. The topological polar surface area (TPSA) is 80.3 Å². The van der Waals surface area contributed by atoms with Crippen LogP contribution in [0, 0.1) is 0 Å². The zero-order valence-corrected chi connectivity index (χ0v) is 13.8. The number of anilines is 1. The van der Waals surface area contributed by atoms with Crippen LogP contribution in [0.2, 0.25) is 5.02 Å². The first kappa shape index (κ1) is 16.0. The van der Waals surface area contributed by atoms with Crippen molar-refractivity contribution in [3.63, 3.8) is 0 Å². The van der Waals surface area contributed by atoms with Crippen LogP contribution in [0.3, 0.4) is 0 Å². The van der Waals surface area contributed by atoms with E-state index in [-0.39, 0.29) is 16.5 Å². The number of rotatable bonds is 6. The number of thiazole rings is 1. The summed E-state index contributed by atoms with van der Waals surface area (Å²) in [5.74, 6) is 0.425. The van der Waals surface area contributed by atoms with Crippen molar-refractivity contribution in [1.82, 2.24) is 9.71 Å². The van der Waals surface area contributed by atoms with Crippen molar-refractivity contribution in [2.24, 2.45) is 0 Å². The maximum atomic E-state index is 12.2. The molecule has 6 nitrogen and oxygen atoms in total. The summed E-state index contributed by atoms with van der Waals surface area (Å²) < 4.78 is 31.8. The second-order valence-electron chi connectivity index (χ2n) is 4.01. The molecule has 0 aliphatic heterocycles. The summed E-state index contributed by atoms with van der Waals surface area (Å²) in [6, 6.07) is 4.30. The van der Waals surface area contributed by atoms with Gasteiger partial charge in [0.05, 0.1) is 29.3 Å². The van der Waals surface area contributed by atoms with E-state index in [9.17, 15) is 8.42 Å². The number of benzene rings is 1. The Morgan fingerprint density at radius 2 is 2.19 bits per heavy atom. The van der Waals surface area contributed by atoms with E-state index >= 15 is 0 Å². The molecule has 0 unspecified atom stereocenters. The predicted octanol–water partition coefficient (Wildman–Crippen LogP) is 2.33. The van der Waals surface area contributed by atoms with Gasteiger partial charge in [-0.3, -0.25) is 0 Å². The Bertz CT molecular complexity index is 731. The van der Waals surface area contributed by atoms with Gasteiger partial charge in [-0.2, -0.15) is 0 Å². The number of sulfonamides is 1. The van der Waals surface area contributed by atoms with E-state index in [1.807, 2.05) is 0 Å². The number of nitrogens with zero attached hydrogens (tertiary/aromatic N) is 1. The fourth-order valence-corrected chi connectivity index (χ4v) is 3.59. The van der Waals surface area contributed by atoms with Gasteiger partial charge in [0.15, 0.2) is 5.13 Å². The number of methoxy groups -OCH3 is 1. The van der Waals surface area contributed by atoms with E-state index in [0.717, 1.165) is 5.13 Å². The van der Waals surface area contributed by atoms with Crippen molar-refractivity contribution >= 4 is 38.1 Å². The van der Waals surface area contributed by atoms with Crippen LogP contribution in [0.15, 0.2) is 28.5 Å². The normalized spacial score (nSPS) is 11.4. The maximum absolute atomic E-state index is 12.2. The van der Waals surface area contributed by atoms with Crippen molar-refractivity contribution in [2.75, 3.05) is 19.5 Å². The van der Waals surface area contributed by atoms with Gasteiger partial charge in [0.25, 0.3) is 0 Å². The van der Waals surface area contributed by atoms with Crippen molar-refractivity contribution < 1.29 is 13.2 Å². The molecule has 1 aromatic carbocycles. The lowest BCUT2D eigenvalue weighted by Crippen LogP contribution is -2.23. The maximum Gasteiger partial charge on any atom is 0.240 e. The molecule has 0 radical (unpaired) electrons. The van der Waals surface area contributed by atoms with Gasteiger partial charge >= 0.3 is 0 Å². The van der Waals surface area contributed by atoms with Gasteiger partial charge in [0.1, 0.15) is 5.75 Å². The van der Waals surface area contributed by atoms with Gasteiger partial charge < -0.3 is 10.1 Å². The molecule has 0 fully saturated rings. The summed E-state index contributed by atoms with van der Waals surface area (Å²) in [5.41, 5.74) is 0.646. The number of nitrogens with one attached hydrogen (secondary N) is 2. The summed E-state index contributed by atoms with van der Waals surface area (Å²) in [7, 11) is -0.426. The summed E-state index contributed by atoms with van der Waals surface area (Å²) in [6.45, 7) is 0.115. The quantitative estimate of drug-likeness (QED) is 0.838. The molecule has 0 saturated heterocycles. The standard InChI is InChI=1S/C12H14ClN3O3S2/c1-14-12-16-8(7-20-12)6-15-21(17,18)9-3-4-11(19-2)10(13)5-9/h3-5,7,15H,6H2,1-2H3,(H,14,16). The predicted molar refractivity (Wildman–Crippen MR) is 83.7 cm³/mol. The monoisotopic (exact) mass is 347 g/mol. The lowest BCUT2D eigenvalue weighted by molar-refractivity contribution is 0.414. The minimum Gasteiger partial charge on any atom is -0.495 e. The summed E-state index contributed by atoms with van der Waals surface area (Å²) in [6.07, 6.45) is 0. The third kappa shape index (κ3) is 3.85. The highest BCUT2D eigenvalue weighted by molar-refractivity contribution is 7.89. The first-order valence-electron chi connectivity index (χ1n) is 5.91. The third-order valence-electron chi connectivity index (χ3n) is 2.64. The second kappa shape index (κ2) is 6.61. The Labute approximate surface area is 132 Å². The van der Waals surface area contributed by atoms with Gasteiger partial charge in [-0.25, -0.2) is 18.1 Å². The molecule has 2 N–H and O–H groups in total. The van der Waals surface area contributed by atoms with Gasteiger partial charge in [0, 0.05) is 12.4 Å². The lowest BCUT2D eigenvalue weighted by Gasteiger charge is -2.08. The van der Waals surface area contributed by atoms with Crippen LogP contribution in [0.5, 0.6) is 5.75 Å². The van der Waals surface area contributed by atoms with Crippen molar-refractivity contribution in [3.05, 3.63) is 34.3 Å². The highest BCUT2D eigenvalue weighted by Gasteiger charge is 2.16. The second-order valence-corrected chi connectivity index (χ2v) is 7.05. The van der Waals surface area contributed by atoms with Crippen LogP contribution in [-0.4, -0.2) is 27.6 Å². The van der Waals surface area contributed by atoms with Crippen LogP contribution in [0.25, 0.3) is 0 Å². The first-order chi connectivity index (χ1) is 9.96. The third-order valence-corrected chi connectivity index (χ3v) is 5.25. The molecule has 114 valence electrons. The van der Waals surface area contributed by atoms with Crippen LogP contribution in [-0.2, 0) is 16.6 Å². The molecule has 2 aromatic rings. The molecule has 21 heavy (non-hydrogen) atoms. The smallest absolute Gasteiger partial charge is 0.240 e. The van der Waals surface area contributed by atoms with E-state index < -0.39 is 10.0 Å². The minimum absolute atomic E-state index is 0.0809. The van der Waals surface area contributed by atoms with E-state index in [4.69, 9.17) is 16.3 Å². The average Bonchev–Trinajstić information content (AvgIpc) is 2.93. The van der Waals surface area contributed by atoms with Crippen LogP contribution < -0.4 is 14.8 Å². The number of hydrogen-bond donors (Lipinski definition) is 2. The van der Waals surface area contributed by atoms with E-state index in [2.05, 4.69) is 15.0 Å². The highest BCUT2D eigenvalue weighted by atomic mass is 35.5. The Morgan fingerprint density at radius 3 is 2.76 bits per heavy atom. The molecule has 0 atom stereocenters. The Balaban J connectivity index is 2.12. The van der Waals surface area contributed by atoms with Gasteiger partial charge in [-0.05, 0) is 18.2 Å². The summed E-state index contributed by atoms with van der Waals surface area (Å²) in [5, 5.41) is 5.66. The van der Waals surface area contributed by atoms with Crippen LogP contribution in [0.4, 0.5) is 5.13 Å². The van der Waals surface area contributed by atoms with Crippen LogP contribution >= 0.6 is 22.9 Å². The lowest BCUT2D eigenvalue weighted by atomic mass is 10.3. The largest absolute Gasteiger partial charge is 0.495 e. The highest BCUT2D eigenvalue weighted by Crippen LogP contribution is 2.27. The van der Waals surface area contributed by atoms with Crippen molar-refractivity contribution in [1.29, 1.82) is 0 Å². The van der Waals surface area contributed by atoms with Gasteiger partial charge in [-0.1, -0.05) is 11.6 Å². The number of halogens is 1. The zero-order valence-electron chi connectivity index (χ0n) is 11.4. The molecule has 2 rings (SSSR count). The average molecular weight is 348 g/mol. The van der Waals surface area contributed by atoms with E-state index in [0.29, 0.717) is 11.4 Å². The summed E-state index contributed by atoms with van der Waals surface area (Å²) in [4.78, 5) is 4.29. The number of hydrogen-bond acceptors (Lipinski definition) is 6. The van der Waals surface area contributed by atoms with E-state index in [1.165, 1.54) is 36.6 Å². The molecule has 0 aliphatic rings. The molecule has 1 aromatic heterocycles. The Hall–Kier alpha value is -1.35. The molecule has 9 heteroatoms. The molecule has 0 saturated carbocycles. The number of ether oxygens (including phenoxy) is 1. The molecular formula is C12H14ClN3O3S2. The fourth-order valence-electron chi connectivity index (χ4n) is 1.57.